The summed E-state index contributed by atoms with van der Waals surface area (Å²) in [6.07, 6.45) is -12.1. The first-order valence-corrected chi connectivity index (χ1v) is 7.26. The van der Waals surface area contributed by atoms with Crippen LogP contribution in [0.5, 0.6) is 0 Å². The fourth-order valence-electron chi connectivity index (χ4n) is 1.29. The molecule has 0 aromatic carbocycles. The Morgan fingerprint density at radius 3 is 1.95 bits per heavy atom. The minimum absolute atomic E-state index is 0.632. The predicted molar refractivity (Wildman–Crippen MR) is 58.3 cm³/mol. The van der Waals surface area contributed by atoms with Crippen LogP contribution in [-0.2, 0) is 9.84 Å². The summed E-state index contributed by atoms with van der Waals surface area (Å²) in [5, 5.41) is 6.76. The van der Waals surface area contributed by atoms with Gasteiger partial charge in [-0.15, -0.1) is 0 Å². The van der Waals surface area contributed by atoms with Crippen LogP contribution in [0.2, 0.25) is 0 Å². The van der Waals surface area contributed by atoms with E-state index >= 15 is 0 Å². The van der Waals surface area contributed by atoms with Gasteiger partial charge in [0.15, 0.2) is 9.84 Å². The largest absolute Gasteiger partial charge is 0.391 e. The molecule has 0 amide bonds. The lowest BCUT2D eigenvalue weighted by atomic mass is 10.0. The number of sulfone groups is 1. The van der Waals surface area contributed by atoms with Crippen molar-refractivity contribution in [3.8, 4) is 6.07 Å². The van der Waals surface area contributed by atoms with Crippen molar-refractivity contribution in [2.45, 2.75) is 43.8 Å². The van der Waals surface area contributed by atoms with Crippen LogP contribution in [0.25, 0.3) is 0 Å². The van der Waals surface area contributed by atoms with Gasteiger partial charge in [0.1, 0.15) is 5.25 Å². The van der Waals surface area contributed by atoms with E-state index in [0.717, 1.165) is 6.92 Å². The van der Waals surface area contributed by atoms with Gasteiger partial charge in [0.25, 0.3) is 0 Å². The topological polar surface area (TPSA) is 57.9 Å². The highest BCUT2D eigenvalue weighted by atomic mass is 32.2. The average Bonchev–Trinajstić information content (AvgIpc) is 2.24. The minimum atomic E-state index is -4.70. The molecule has 10 heteroatoms. The first-order chi connectivity index (χ1) is 8.79. The van der Waals surface area contributed by atoms with E-state index in [1.165, 1.54) is 6.07 Å². The molecule has 0 aromatic rings. The molecule has 2 atom stereocenters. The van der Waals surface area contributed by atoms with Gasteiger partial charge in [-0.2, -0.15) is 31.6 Å². The summed E-state index contributed by atoms with van der Waals surface area (Å²) in [6, 6.07) is 1.26. The lowest BCUT2D eigenvalue weighted by Gasteiger charge is -2.17. The Hall–Kier alpha value is -0.980. The molecule has 0 saturated carbocycles. The van der Waals surface area contributed by atoms with Crippen molar-refractivity contribution in [2.24, 2.45) is 5.92 Å². The summed E-state index contributed by atoms with van der Waals surface area (Å²) in [6.45, 7) is 0.816. The highest BCUT2D eigenvalue weighted by Gasteiger charge is 2.38. The summed E-state index contributed by atoms with van der Waals surface area (Å²) in [7, 11) is -4.40. The number of hydrogen-bond acceptors (Lipinski definition) is 3. The second kappa shape index (κ2) is 6.65. The molecule has 0 saturated heterocycles. The summed E-state index contributed by atoms with van der Waals surface area (Å²) in [5.74, 6) is -3.12. The molecular formula is C10H13F6NO2S. The molecule has 0 aliphatic heterocycles. The minimum Gasteiger partial charge on any atom is -0.227 e. The molecule has 20 heavy (non-hydrogen) atoms. The Morgan fingerprint density at radius 1 is 1.10 bits per heavy atom. The van der Waals surface area contributed by atoms with Gasteiger partial charge in [-0.25, -0.2) is 8.42 Å². The maximum atomic E-state index is 12.2. The van der Waals surface area contributed by atoms with E-state index in [-0.39, 0.29) is 0 Å². The second-order valence-corrected chi connectivity index (χ2v) is 6.67. The van der Waals surface area contributed by atoms with Crippen LogP contribution >= 0.6 is 0 Å². The molecule has 0 aliphatic carbocycles. The molecule has 0 fully saturated rings. The van der Waals surface area contributed by atoms with Gasteiger partial charge in [-0.1, -0.05) is 6.92 Å². The third-order valence-corrected chi connectivity index (χ3v) is 4.65. The van der Waals surface area contributed by atoms with Crippen molar-refractivity contribution >= 4 is 9.84 Å². The van der Waals surface area contributed by atoms with Crippen molar-refractivity contribution in [2.75, 3.05) is 5.75 Å². The maximum absolute atomic E-state index is 12.2. The van der Waals surface area contributed by atoms with E-state index in [0.29, 0.717) is 0 Å². The molecule has 0 bridgehead atoms. The van der Waals surface area contributed by atoms with Crippen LogP contribution < -0.4 is 0 Å². The van der Waals surface area contributed by atoms with Crippen molar-refractivity contribution in [1.29, 1.82) is 5.26 Å². The van der Waals surface area contributed by atoms with E-state index in [9.17, 15) is 34.8 Å². The maximum Gasteiger partial charge on any atom is 0.391 e. The van der Waals surface area contributed by atoms with Crippen molar-refractivity contribution in [3.63, 3.8) is 0 Å². The highest BCUT2D eigenvalue weighted by molar-refractivity contribution is 7.92. The van der Waals surface area contributed by atoms with Gasteiger partial charge >= 0.3 is 12.4 Å². The Kier molecular flexibility index (Phi) is 6.32. The molecule has 3 nitrogen and oxygen atoms in total. The molecule has 0 aromatic heterocycles. The molecule has 2 unspecified atom stereocenters. The van der Waals surface area contributed by atoms with E-state index in [1.54, 1.807) is 0 Å². The average molecular weight is 325 g/mol. The van der Waals surface area contributed by atoms with Crippen LogP contribution in [0, 0.1) is 17.2 Å². The standard InChI is InChI=1S/C10H13F6NO2S/c1-7(10(14,15)16)2-3-8(6-17)20(18,19)5-4-9(11,12)13/h7-8H,2-5H2,1H3. The summed E-state index contributed by atoms with van der Waals surface area (Å²) < 4.78 is 95.4. The number of halogens is 6. The van der Waals surface area contributed by atoms with Gasteiger partial charge in [0.05, 0.1) is 24.2 Å². The van der Waals surface area contributed by atoms with Gasteiger partial charge in [0.2, 0.25) is 0 Å². The fourth-order valence-corrected chi connectivity index (χ4v) is 2.75. The van der Waals surface area contributed by atoms with Crippen molar-refractivity contribution in [3.05, 3.63) is 0 Å². The van der Waals surface area contributed by atoms with Gasteiger partial charge in [-0.05, 0) is 12.8 Å². The zero-order valence-electron chi connectivity index (χ0n) is 10.4. The SMILES string of the molecule is CC(CCC(C#N)S(=O)(=O)CCC(F)(F)F)C(F)(F)F. The summed E-state index contributed by atoms with van der Waals surface area (Å²) in [5.41, 5.74) is 0. The van der Waals surface area contributed by atoms with E-state index < -0.39 is 58.4 Å². The number of nitriles is 1. The van der Waals surface area contributed by atoms with Gasteiger partial charge in [-0.3, -0.25) is 0 Å². The zero-order valence-corrected chi connectivity index (χ0v) is 11.2. The first kappa shape index (κ1) is 19.0. The molecule has 0 spiro atoms. The van der Waals surface area contributed by atoms with Gasteiger partial charge in [0, 0.05) is 0 Å². The molecule has 0 N–H and O–H groups in total. The lowest BCUT2D eigenvalue weighted by Crippen LogP contribution is -2.28. The smallest absolute Gasteiger partial charge is 0.227 e. The normalized spacial score (nSPS) is 16.5. The van der Waals surface area contributed by atoms with E-state index in [2.05, 4.69) is 0 Å². The van der Waals surface area contributed by atoms with Crippen LogP contribution in [0.1, 0.15) is 26.2 Å². The van der Waals surface area contributed by atoms with Crippen molar-refractivity contribution in [1.82, 2.24) is 0 Å². The Bertz CT molecular complexity index is 448. The molecule has 0 radical (unpaired) electrons. The van der Waals surface area contributed by atoms with Crippen LogP contribution in [0.15, 0.2) is 0 Å². The molecule has 0 aliphatic rings. The third kappa shape index (κ3) is 6.98. The molecule has 0 heterocycles. The monoisotopic (exact) mass is 325 g/mol. The van der Waals surface area contributed by atoms with E-state index in [1.807, 2.05) is 0 Å². The summed E-state index contributed by atoms with van der Waals surface area (Å²) >= 11 is 0. The Balaban J connectivity index is 4.65. The quantitative estimate of drug-likeness (QED) is 0.705. The van der Waals surface area contributed by atoms with Crippen molar-refractivity contribution < 1.29 is 34.8 Å². The number of rotatable bonds is 6. The Labute approximate surface area is 112 Å². The molecule has 0 rings (SSSR count). The lowest BCUT2D eigenvalue weighted by molar-refractivity contribution is -0.171. The molecule has 118 valence electrons. The predicted octanol–water partition coefficient (Wildman–Crippen LogP) is 3.22. The number of alkyl halides is 6. The first-order valence-electron chi connectivity index (χ1n) is 5.54. The highest BCUT2D eigenvalue weighted by Crippen LogP contribution is 2.30. The van der Waals surface area contributed by atoms with Crippen LogP contribution in [-0.4, -0.2) is 31.8 Å². The second-order valence-electron chi connectivity index (χ2n) is 4.37. The summed E-state index contributed by atoms with van der Waals surface area (Å²) in [4.78, 5) is 0. The Morgan fingerprint density at radius 2 is 1.60 bits per heavy atom. The zero-order chi connectivity index (χ0) is 16.2. The van der Waals surface area contributed by atoms with Crippen LogP contribution in [0.3, 0.4) is 0 Å². The third-order valence-electron chi connectivity index (χ3n) is 2.67. The number of hydrogen-bond donors (Lipinski definition) is 0. The van der Waals surface area contributed by atoms with Gasteiger partial charge < -0.3 is 0 Å². The van der Waals surface area contributed by atoms with Crippen LogP contribution in [0.4, 0.5) is 26.3 Å². The fraction of sp³-hybridized carbons (Fsp3) is 0.900. The van der Waals surface area contributed by atoms with E-state index in [4.69, 9.17) is 5.26 Å². The molecular weight excluding hydrogens is 312 g/mol. The number of nitrogens with zero attached hydrogens (tertiary/aromatic N) is 1.